The second kappa shape index (κ2) is 7.45. The van der Waals surface area contributed by atoms with E-state index >= 15 is 0 Å². The monoisotopic (exact) mass is 273 g/mol. The first-order chi connectivity index (χ1) is 9.75. The van der Waals surface area contributed by atoms with Gasteiger partial charge in [0.05, 0.1) is 18.8 Å². The van der Waals surface area contributed by atoms with Crippen LogP contribution in [0.15, 0.2) is 47.3 Å². The molecule has 1 atom stereocenters. The minimum absolute atomic E-state index is 0.0314. The van der Waals surface area contributed by atoms with Crippen LogP contribution < -0.4 is 10.6 Å². The second-order valence-electron chi connectivity index (χ2n) is 4.58. The predicted molar refractivity (Wildman–Crippen MR) is 76.0 cm³/mol. The molecule has 0 radical (unpaired) electrons. The third kappa shape index (κ3) is 4.51. The van der Waals surface area contributed by atoms with E-state index in [1.165, 1.54) is 5.56 Å². The van der Waals surface area contributed by atoms with Crippen LogP contribution in [0.5, 0.6) is 0 Å². The van der Waals surface area contributed by atoms with Crippen molar-refractivity contribution in [3.05, 3.63) is 54.2 Å². The molecule has 0 fully saturated rings. The molecule has 20 heavy (non-hydrogen) atoms. The van der Waals surface area contributed by atoms with Crippen LogP contribution in [0.25, 0.3) is 0 Å². The Kier molecular flexibility index (Phi) is 5.32. The van der Waals surface area contributed by atoms with Gasteiger partial charge in [-0.15, -0.1) is 0 Å². The first-order valence-electron chi connectivity index (χ1n) is 6.68. The van der Waals surface area contributed by atoms with Crippen molar-refractivity contribution in [1.82, 2.24) is 15.6 Å². The van der Waals surface area contributed by atoms with Gasteiger partial charge < -0.3 is 15.1 Å². The molecule has 0 bridgehead atoms. The van der Waals surface area contributed by atoms with Crippen molar-refractivity contribution in [1.29, 1.82) is 0 Å². The Morgan fingerprint density at radius 2 is 2.15 bits per heavy atom. The van der Waals surface area contributed by atoms with Crippen LogP contribution in [-0.4, -0.2) is 23.5 Å². The SMILES string of the molecule is CC(NCCc1ccncc1)C(=O)NCc1ccco1. The summed E-state index contributed by atoms with van der Waals surface area (Å²) in [5.74, 6) is 0.721. The van der Waals surface area contributed by atoms with Gasteiger partial charge in [-0.3, -0.25) is 9.78 Å². The molecule has 5 nitrogen and oxygen atoms in total. The van der Waals surface area contributed by atoms with Gasteiger partial charge in [-0.05, 0) is 49.7 Å². The summed E-state index contributed by atoms with van der Waals surface area (Å²) in [4.78, 5) is 15.8. The number of amides is 1. The largest absolute Gasteiger partial charge is 0.467 e. The maximum Gasteiger partial charge on any atom is 0.237 e. The summed E-state index contributed by atoms with van der Waals surface area (Å²) >= 11 is 0. The molecule has 2 heterocycles. The molecule has 2 rings (SSSR count). The zero-order valence-electron chi connectivity index (χ0n) is 11.5. The summed E-state index contributed by atoms with van der Waals surface area (Å²) in [6.07, 6.45) is 6.01. The number of hydrogen-bond acceptors (Lipinski definition) is 4. The van der Waals surface area contributed by atoms with E-state index in [4.69, 9.17) is 4.42 Å². The minimum atomic E-state index is -0.230. The van der Waals surface area contributed by atoms with Crippen LogP contribution >= 0.6 is 0 Å². The average molecular weight is 273 g/mol. The van der Waals surface area contributed by atoms with Crippen LogP contribution in [0.3, 0.4) is 0 Å². The van der Waals surface area contributed by atoms with Crippen molar-refractivity contribution in [3.8, 4) is 0 Å². The molecule has 0 saturated carbocycles. The summed E-state index contributed by atoms with van der Waals surface area (Å²) in [6.45, 7) is 3.02. The Morgan fingerprint density at radius 1 is 1.35 bits per heavy atom. The molecule has 0 spiro atoms. The summed E-state index contributed by atoms with van der Waals surface area (Å²) < 4.78 is 5.16. The van der Waals surface area contributed by atoms with Gasteiger partial charge in [0.15, 0.2) is 0 Å². The van der Waals surface area contributed by atoms with Gasteiger partial charge >= 0.3 is 0 Å². The standard InChI is InChI=1S/C15H19N3O2/c1-12(15(19)18-11-14-3-2-10-20-14)17-9-6-13-4-7-16-8-5-13/h2-5,7-8,10,12,17H,6,9,11H2,1H3,(H,18,19). The van der Waals surface area contributed by atoms with Gasteiger partial charge in [-0.2, -0.15) is 0 Å². The first-order valence-corrected chi connectivity index (χ1v) is 6.68. The lowest BCUT2D eigenvalue weighted by atomic mass is 10.2. The zero-order valence-corrected chi connectivity index (χ0v) is 11.5. The topological polar surface area (TPSA) is 67.2 Å². The molecule has 106 valence electrons. The maximum absolute atomic E-state index is 11.9. The van der Waals surface area contributed by atoms with E-state index in [0.717, 1.165) is 18.7 Å². The van der Waals surface area contributed by atoms with Crippen molar-refractivity contribution in [3.63, 3.8) is 0 Å². The number of nitrogens with zero attached hydrogens (tertiary/aromatic N) is 1. The Hall–Kier alpha value is -2.14. The Bertz CT molecular complexity index is 511. The van der Waals surface area contributed by atoms with Gasteiger partial charge in [-0.1, -0.05) is 0 Å². The number of carbonyl (C=O) groups is 1. The molecule has 0 saturated heterocycles. The van der Waals surface area contributed by atoms with Crippen molar-refractivity contribution >= 4 is 5.91 Å². The van der Waals surface area contributed by atoms with Crippen LogP contribution in [0.2, 0.25) is 0 Å². The molecular formula is C15H19N3O2. The van der Waals surface area contributed by atoms with E-state index in [9.17, 15) is 4.79 Å². The van der Waals surface area contributed by atoms with E-state index in [1.807, 2.05) is 25.1 Å². The highest BCUT2D eigenvalue weighted by Gasteiger charge is 2.11. The number of rotatable bonds is 7. The highest BCUT2D eigenvalue weighted by Crippen LogP contribution is 1.99. The molecule has 2 N–H and O–H groups in total. The number of furan rings is 1. The summed E-state index contributed by atoms with van der Waals surface area (Å²) in [5, 5.41) is 6.03. The lowest BCUT2D eigenvalue weighted by molar-refractivity contribution is -0.123. The Balaban J connectivity index is 1.66. The number of carbonyl (C=O) groups excluding carboxylic acids is 1. The van der Waals surface area contributed by atoms with E-state index in [-0.39, 0.29) is 11.9 Å². The van der Waals surface area contributed by atoms with E-state index in [1.54, 1.807) is 24.7 Å². The fraction of sp³-hybridized carbons (Fsp3) is 0.333. The quantitative estimate of drug-likeness (QED) is 0.802. The average Bonchev–Trinajstić information content (AvgIpc) is 2.99. The third-order valence-electron chi connectivity index (χ3n) is 3.02. The molecule has 1 unspecified atom stereocenters. The molecule has 2 aromatic rings. The lowest BCUT2D eigenvalue weighted by Gasteiger charge is -2.13. The van der Waals surface area contributed by atoms with Gasteiger partial charge in [0.1, 0.15) is 5.76 Å². The number of nitrogens with one attached hydrogen (secondary N) is 2. The molecule has 5 heteroatoms. The third-order valence-corrected chi connectivity index (χ3v) is 3.02. The molecule has 0 aliphatic carbocycles. The highest BCUT2D eigenvalue weighted by atomic mass is 16.3. The van der Waals surface area contributed by atoms with E-state index in [2.05, 4.69) is 15.6 Å². The number of hydrogen-bond donors (Lipinski definition) is 2. The summed E-state index contributed by atoms with van der Waals surface area (Å²) in [7, 11) is 0. The lowest BCUT2D eigenvalue weighted by Crippen LogP contribution is -2.42. The second-order valence-corrected chi connectivity index (χ2v) is 4.58. The fourth-order valence-electron chi connectivity index (χ4n) is 1.82. The highest BCUT2D eigenvalue weighted by molar-refractivity contribution is 5.81. The normalized spacial score (nSPS) is 12.1. The van der Waals surface area contributed by atoms with Crippen molar-refractivity contribution < 1.29 is 9.21 Å². The summed E-state index contributed by atoms with van der Waals surface area (Å²) in [6, 6.07) is 7.36. The van der Waals surface area contributed by atoms with Crippen LogP contribution in [0, 0.1) is 0 Å². The molecular weight excluding hydrogens is 254 g/mol. The van der Waals surface area contributed by atoms with Gasteiger partial charge in [0.2, 0.25) is 5.91 Å². The maximum atomic E-state index is 11.9. The predicted octanol–water partition coefficient (Wildman–Crippen LogP) is 1.51. The Morgan fingerprint density at radius 3 is 2.85 bits per heavy atom. The number of pyridine rings is 1. The molecule has 0 aliphatic rings. The van der Waals surface area contributed by atoms with Crippen LogP contribution in [0.4, 0.5) is 0 Å². The van der Waals surface area contributed by atoms with Crippen LogP contribution in [-0.2, 0) is 17.8 Å². The molecule has 0 aromatic carbocycles. The molecule has 0 aliphatic heterocycles. The van der Waals surface area contributed by atoms with Gasteiger partial charge in [-0.25, -0.2) is 0 Å². The van der Waals surface area contributed by atoms with E-state index in [0.29, 0.717) is 6.54 Å². The fourth-order valence-corrected chi connectivity index (χ4v) is 1.82. The minimum Gasteiger partial charge on any atom is -0.467 e. The van der Waals surface area contributed by atoms with Crippen molar-refractivity contribution in [2.45, 2.75) is 25.9 Å². The Labute approximate surface area is 118 Å². The van der Waals surface area contributed by atoms with Gasteiger partial charge in [0, 0.05) is 12.4 Å². The first kappa shape index (κ1) is 14.3. The number of aromatic nitrogens is 1. The van der Waals surface area contributed by atoms with Crippen LogP contribution in [0.1, 0.15) is 18.2 Å². The van der Waals surface area contributed by atoms with Crippen molar-refractivity contribution in [2.75, 3.05) is 6.54 Å². The summed E-state index contributed by atoms with van der Waals surface area (Å²) in [5.41, 5.74) is 1.20. The zero-order chi connectivity index (χ0) is 14.2. The smallest absolute Gasteiger partial charge is 0.237 e. The van der Waals surface area contributed by atoms with E-state index < -0.39 is 0 Å². The molecule has 1 amide bonds. The van der Waals surface area contributed by atoms with Gasteiger partial charge in [0.25, 0.3) is 0 Å². The van der Waals surface area contributed by atoms with Crippen molar-refractivity contribution in [2.24, 2.45) is 0 Å². The molecule has 2 aromatic heterocycles.